The molecule has 184 valence electrons. The second kappa shape index (κ2) is 7.72. The Bertz CT molecular complexity index is 1470. The van der Waals surface area contributed by atoms with Crippen LogP contribution in [0, 0.1) is 6.92 Å². The molecule has 36 heavy (non-hydrogen) atoms. The van der Waals surface area contributed by atoms with Gasteiger partial charge in [0.2, 0.25) is 5.95 Å². The van der Waals surface area contributed by atoms with Crippen LogP contribution in [0.1, 0.15) is 35.7 Å². The van der Waals surface area contributed by atoms with E-state index in [0.717, 1.165) is 65.7 Å². The number of nitrogens with zero attached hydrogens (tertiary/aromatic N) is 4. The van der Waals surface area contributed by atoms with E-state index in [1.807, 2.05) is 47.9 Å². The predicted molar refractivity (Wildman–Crippen MR) is 135 cm³/mol. The molecule has 7 rings (SSSR count). The highest BCUT2D eigenvalue weighted by Gasteiger charge is 2.48. The van der Waals surface area contributed by atoms with Gasteiger partial charge in [0.1, 0.15) is 29.1 Å². The minimum absolute atomic E-state index is 0.141. The lowest BCUT2D eigenvalue weighted by Crippen LogP contribution is -2.52. The number of alkyl carbamates (subject to hydrolysis) is 1. The number of nitrogens with one attached hydrogen (secondary N) is 1. The van der Waals surface area contributed by atoms with Crippen molar-refractivity contribution in [2.75, 3.05) is 18.0 Å². The summed E-state index contributed by atoms with van der Waals surface area (Å²) in [6.07, 6.45) is 8.14. The van der Waals surface area contributed by atoms with Crippen molar-refractivity contribution in [1.29, 1.82) is 0 Å². The zero-order valence-corrected chi connectivity index (χ0v) is 20.4. The van der Waals surface area contributed by atoms with Crippen LogP contribution >= 0.6 is 11.6 Å². The smallest absolute Gasteiger partial charge is 0.408 e. The summed E-state index contributed by atoms with van der Waals surface area (Å²) < 4.78 is 13.7. The second-order valence-electron chi connectivity index (χ2n) is 9.78. The molecule has 2 fully saturated rings. The normalized spacial score (nSPS) is 26.1. The Morgan fingerprint density at radius 2 is 2.06 bits per heavy atom. The van der Waals surface area contributed by atoms with Crippen molar-refractivity contribution in [2.45, 2.75) is 43.6 Å². The molecule has 3 aromatic rings. The molecule has 0 saturated carbocycles. The van der Waals surface area contributed by atoms with Gasteiger partial charge in [0, 0.05) is 55.0 Å². The van der Waals surface area contributed by atoms with Gasteiger partial charge in [0.05, 0.1) is 16.8 Å². The van der Waals surface area contributed by atoms with Crippen molar-refractivity contribution >= 4 is 34.9 Å². The maximum atomic E-state index is 11.7. The third-order valence-electron chi connectivity index (χ3n) is 7.83. The first kappa shape index (κ1) is 21.7. The molecule has 0 bridgehead atoms. The average molecular weight is 505 g/mol. The summed E-state index contributed by atoms with van der Waals surface area (Å²) in [6, 6.07) is 7.51. The van der Waals surface area contributed by atoms with Crippen LogP contribution in [0.3, 0.4) is 0 Å². The molecular weight excluding hydrogens is 480 g/mol. The Labute approximate surface area is 212 Å². The van der Waals surface area contributed by atoms with Crippen LogP contribution in [0.5, 0.6) is 5.75 Å². The van der Waals surface area contributed by atoms with Gasteiger partial charge in [-0.3, -0.25) is 4.40 Å². The zero-order chi connectivity index (χ0) is 24.6. The summed E-state index contributed by atoms with van der Waals surface area (Å²) in [4.78, 5) is 23.7. The van der Waals surface area contributed by atoms with Gasteiger partial charge in [-0.05, 0) is 19.1 Å². The molecule has 1 amide bonds. The summed E-state index contributed by atoms with van der Waals surface area (Å²) in [5.74, 6) is 1.72. The quantitative estimate of drug-likeness (QED) is 0.550. The number of ether oxygens (including phenoxy) is 2. The van der Waals surface area contributed by atoms with E-state index in [1.54, 1.807) is 6.20 Å². The van der Waals surface area contributed by atoms with Crippen LogP contribution in [0.2, 0.25) is 0 Å². The lowest BCUT2D eigenvalue weighted by Gasteiger charge is -2.41. The molecule has 3 atom stereocenters. The van der Waals surface area contributed by atoms with Gasteiger partial charge in [0.25, 0.3) is 0 Å². The van der Waals surface area contributed by atoms with Gasteiger partial charge < -0.3 is 25.4 Å². The summed E-state index contributed by atoms with van der Waals surface area (Å²) in [5, 5.41) is 3.30. The molecule has 0 radical (unpaired) electrons. The zero-order valence-electron chi connectivity index (χ0n) is 19.6. The largest absolute Gasteiger partial charge is 0.485 e. The summed E-state index contributed by atoms with van der Waals surface area (Å²) in [6.45, 7) is 3.49. The highest BCUT2D eigenvalue weighted by Crippen LogP contribution is 2.47. The van der Waals surface area contributed by atoms with E-state index in [1.165, 1.54) is 0 Å². The molecule has 5 heterocycles. The van der Waals surface area contributed by atoms with E-state index in [0.29, 0.717) is 5.03 Å². The molecule has 1 spiro atoms. The van der Waals surface area contributed by atoms with Crippen molar-refractivity contribution in [3.05, 3.63) is 70.7 Å². The van der Waals surface area contributed by atoms with E-state index < -0.39 is 23.8 Å². The highest BCUT2D eigenvalue weighted by molar-refractivity contribution is 6.34. The van der Waals surface area contributed by atoms with Crippen LogP contribution in [-0.4, -0.2) is 51.3 Å². The molecular formula is C26H25ClN6O3. The number of benzene rings is 1. The van der Waals surface area contributed by atoms with Gasteiger partial charge in [0.15, 0.2) is 0 Å². The number of hydrogen-bond donors (Lipinski definition) is 2. The number of amides is 1. The van der Waals surface area contributed by atoms with Crippen LogP contribution in [0.15, 0.2) is 53.8 Å². The van der Waals surface area contributed by atoms with Crippen LogP contribution in [-0.2, 0) is 4.74 Å². The number of imidazole rings is 1. The molecule has 3 aliphatic heterocycles. The molecule has 9 nitrogen and oxygen atoms in total. The van der Waals surface area contributed by atoms with Gasteiger partial charge in [-0.1, -0.05) is 35.9 Å². The average Bonchev–Trinajstić information content (AvgIpc) is 3.57. The summed E-state index contributed by atoms with van der Waals surface area (Å²) in [7, 11) is 0. The number of aromatic nitrogens is 3. The van der Waals surface area contributed by atoms with Gasteiger partial charge in [-0.25, -0.2) is 14.8 Å². The van der Waals surface area contributed by atoms with Crippen molar-refractivity contribution < 1.29 is 14.3 Å². The number of nitrogens with two attached hydrogens (primary N) is 1. The first-order chi connectivity index (χ1) is 17.4. The van der Waals surface area contributed by atoms with E-state index >= 15 is 0 Å². The Balaban J connectivity index is 1.21. The van der Waals surface area contributed by atoms with Crippen molar-refractivity contribution in [3.8, 4) is 5.75 Å². The molecule has 2 unspecified atom stereocenters. The molecule has 1 aliphatic carbocycles. The Hall–Kier alpha value is -3.56. The Kier molecular flexibility index (Phi) is 4.65. The monoisotopic (exact) mass is 504 g/mol. The van der Waals surface area contributed by atoms with E-state index in [9.17, 15) is 4.79 Å². The molecule has 1 aromatic carbocycles. The number of allylic oxidation sites excluding steroid dienone is 2. The number of carbonyl (C=O) groups excluding carboxylic acids is 1. The number of para-hydroxylation sites is 1. The number of rotatable bonds is 2. The number of hydrogen-bond acceptors (Lipinski definition) is 7. The van der Waals surface area contributed by atoms with Crippen molar-refractivity contribution in [1.82, 2.24) is 19.7 Å². The number of aryl methyl sites for hydroxylation is 1. The van der Waals surface area contributed by atoms with E-state index in [-0.39, 0.29) is 6.04 Å². The topological polar surface area (TPSA) is 107 Å². The van der Waals surface area contributed by atoms with Gasteiger partial charge >= 0.3 is 6.09 Å². The Morgan fingerprint density at radius 1 is 1.25 bits per heavy atom. The fourth-order valence-corrected chi connectivity index (χ4v) is 6.27. The number of fused-ring (bicyclic) bond motifs is 3. The third kappa shape index (κ3) is 3.02. The SMILES string of the molecule is Cc1nc(N2CCC3(CC2)Oc2ccccc2[C@H]3N)n2ccnc2c1C1=C(Cl)C2NC(=O)OC2C=C1. The molecule has 10 heteroatoms. The van der Waals surface area contributed by atoms with Crippen LogP contribution < -0.4 is 20.7 Å². The van der Waals surface area contributed by atoms with Crippen LogP contribution in [0.25, 0.3) is 11.2 Å². The van der Waals surface area contributed by atoms with Gasteiger partial charge in [-0.15, -0.1) is 0 Å². The second-order valence-corrected chi connectivity index (χ2v) is 10.2. The number of anilines is 1. The fourth-order valence-electron chi connectivity index (χ4n) is 5.94. The standard InChI is InChI=1S/C26H25ClN6O3/c1-14-19(16-6-7-18-21(20(16)27)31-25(34)35-18)23-29-10-13-33(23)24(30-14)32-11-8-26(9-12-32)22(28)15-4-2-3-5-17(15)36-26/h2-7,10,13,18,21-22H,8-9,11-12,28H2,1H3,(H,31,34)/t18?,21?,22-/m1/s1. The maximum Gasteiger partial charge on any atom is 0.408 e. The van der Waals surface area contributed by atoms with Crippen molar-refractivity contribution in [2.24, 2.45) is 5.73 Å². The summed E-state index contributed by atoms with van der Waals surface area (Å²) in [5.41, 5.74) is 10.6. The molecule has 3 N–H and O–H groups in total. The molecule has 2 saturated heterocycles. The lowest BCUT2D eigenvalue weighted by molar-refractivity contribution is 0.0429. The lowest BCUT2D eigenvalue weighted by atomic mass is 9.83. The Morgan fingerprint density at radius 3 is 2.86 bits per heavy atom. The number of halogens is 1. The van der Waals surface area contributed by atoms with Crippen LogP contribution in [0.4, 0.5) is 10.7 Å². The predicted octanol–water partition coefficient (Wildman–Crippen LogP) is 3.47. The highest BCUT2D eigenvalue weighted by atomic mass is 35.5. The first-order valence-corrected chi connectivity index (χ1v) is 12.5. The minimum Gasteiger partial charge on any atom is -0.485 e. The van der Waals surface area contributed by atoms with E-state index in [2.05, 4.69) is 21.3 Å². The number of carbonyl (C=O) groups is 1. The van der Waals surface area contributed by atoms with Gasteiger partial charge in [-0.2, -0.15) is 0 Å². The van der Waals surface area contributed by atoms with Crippen molar-refractivity contribution in [3.63, 3.8) is 0 Å². The summed E-state index contributed by atoms with van der Waals surface area (Å²) >= 11 is 6.77. The maximum absolute atomic E-state index is 11.7. The van der Waals surface area contributed by atoms with E-state index in [4.69, 9.17) is 31.8 Å². The molecule has 4 aliphatic rings. The third-order valence-corrected chi connectivity index (χ3v) is 8.27. The number of piperidine rings is 1. The molecule has 2 aromatic heterocycles. The minimum atomic E-state index is -0.470. The fraction of sp³-hybridized carbons (Fsp3) is 0.346. The first-order valence-electron chi connectivity index (χ1n) is 12.1.